The van der Waals surface area contributed by atoms with Crippen LogP contribution in [0.15, 0.2) is 28.3 Å². The van der Waals surface area contributed by atoms with Crippen molar-refractivity contribution in [3.63, 3.8) is 0 Å². The van der Waals surface area contributed by atoms with Crippen LogP contribution in [-0.4, -0.2) is 85.0 Å². The second-order valence-corrected chi connectivity index (χ2v) is 11.6. The van der Waals surface area contributed by atoms with E-state index in [0.29, 0.717) is 35.8 Å². The Balaban J connectivity index is 1.34. The number of fused-ring (bicyclic) bond motifs is 1. The maximum atomic E-state index is 12.9. The molecule has 30 heavy (non-hydrogen) atoms. The number of carbonyl (C=O) groups excluding carboxylic acids is 1. The predicted octanol–water partition coefficient (Wildman–Crippen LogP) is 2.29. The molecular formula is C21H32N4O3S2. The van der Waals surface area contributed by atoms with Crippen molar-refractivity contribution in [2.24, 2.45) is 5.92 Å². The highest BCUT2D eigenvalue weighted by Crippen LogP contribution is 2.35. The van der Waals surface area contributed by atoms with Crippen molar-refractivity contribution in [2.75, 3.05) is 45.5 Å². The van der Waals surface area contributed by atoms with E-state index in [1.807, 2.05) is 7.05 Å². The van der Waals surface area contributed by atoms with Crippen LogP contribution in [0.4, 0.5) is 0 Å². The molecule has 1 aromatic rings. The molecular weight excluding hydrogens is 420 g/mol. The number of likely N-dealkylation sites (N-methyl/N-ethyl adjacent to an activating group) is 1. The lowest BCUT2D eigenvalue weighted by molar-refractivity contribution is -0.134. The number of thioether (sulfide) groups is 1. The van der Waals surface area contributed by atoms with Gasteiger partial charge in [-0.2, -0.15) is 4.31 Å². The number of hydrogen-bond donors (Lipinski definition) is 0. The summed E-state index contributed by atoms with van der Waals surface area (Å²) in [6.45, 7) is 3.35. The number of hydrogen-bond acceptors (Lipinski definition) is 6. The first-order valence-electron chi connectivity index (χ1n) is 11.0. The molecule has 1 saturated carbocycles. The number of likely N-dealkylation sites (tertiary alicyclic amines) is 1. The molecule has 0 bridgehead atoms. The Morgan fingerprint density at radius 1 is 1.07 bits per heavy atom. The highest BCUT2D eigenvalue weighted by atomic mass is 32.2. The van der Waals surface area contributed by atoms with E-state index in [0.717, 1.165) is 32.5 Å². The number of sulfonamides is 1. The second-order valence-electron chi connectivity index (χ2n) is 8.67. The zero-order chi connectivity index (χ0) is 21.1. The smallest absolute Gasteiger partial charge is 0.244 e. The number of carbonyl (C=O) groups is 1. The lowest BCUT2D eigenvalue weighted by atomic mass is 9.78. The van der Waals surface area contributed by atoms with Gasteiger partial charge in [-0.25, -0.2) is 13.4 Å². The third kappa shape index (κ3) is 4.84. The zero-order valence-corrected chi connectivity index (χ0v) is 19.3. The van der Waals surface area contributed by atoms with Crippen molar-refractivity contribution in [1.82, 2.24) is 19.1 Å². The Kier molecular flexibility index (Phi) is 7.01. The van der Waals surface area contributed by atoms with Crippen LogP contribution in [-0.2, 0) is 14.8 Å². The Hall–Kier alpha value is -1.16. The van der Waals surface area contributed by atoms with Gasteiger partial charge in [0.05, 0.1) is 10.8 Å². The highest BCUT2D eigenvalue weighted by molar-refractivity contribution is 7.99. The number of piperazine rings is 1. The fourth-order valence-corrected chi connectivity index (χ4v) is 7.03. The van der Waals surface area contributed by atoms with Crippen LogP contribution in [0, 0.1) is 5.92 Å². The van der Waals surface area contributed by atoms with Gasteiger partial charge in [0.2, 0.25) is 15.9 Å². The summed E-state index contributed by atoms with van der Waals surface area (Å²) in [5.41, 5.74) is 0. The van der Waals surface area contributed by atoms with Crippen LogP contribution in [0.2, 0.25) is 0 Å². The summed E-state index contributed by atoms with van der Waals surface area (Å²) >= 11 is 1.40. The van der Waals surface area contributed by atoms with Crippen LogP contribution >= 0.6 is 11.8 Å². The minimum atomic E-state index is -3.50. The number of rotatable bonds is 5. The fourth-order valence-electron chi connectivity index (χ4n) is 4.94. The lowest BCUT2D eigenvalue weighted by Gasteiger charge is -2.44. The fraction of sp³-hybridized carbons (Fsp3) is 0.714. The predicted molar refractivity (Wildman–Crippen MR) is 118 cm³/mol. The van der Waals surface area contributed by atoms with Gasteiger partial charge in [0.1, 0.15) is 4.90 Å². The van der Waals surface area contributed by atoms with Crippen molar-refractivity contribution in [1.29, 1.82) is 0 Å². The summed E-state index contributed by atoms with van der Waals surface area (Å²) in [5, 5.41) is 0.692. The van der Waals surface area contributed by atoms with E-state index in [9.17, 15) is 13.2 Å². The molecule has 7 nitrogen and oxygen atoms in total. The highest BCUT2D eigenvalue weighted by Gasteiger charge is 2.35. The average Bonchev–Trinajstić information content (AvgIpc) is 2.77. The molecule has 0 radical (unpaired) electrons. The van der Waals surface area contributed by atoms with E-state index in [2.05, 4.69) is 14.8 Å². The maximum absolute atomic E-state index is 12.9. The number of pyridine rings is 1. The Morgan fingerprint density at radius 3 is 2.53 bits per heavy atom. The third-order valence-corrected chi connectivity index (χ3v) is 9.53. The van der Waals surface area contributed by atoms with Gasteiger partial charge in [0, 0.05) is 45.0 Å². The van der Waals surface area contributed by atoms with Crippen molar-refractivity contribution in [2.45, 2.75) is 54.5 Å². The van der Waals surface area contributed by atoms with E-state index in [1.165, 1.54) is 47.9 Å². The van der Waals surface area contributed by atoms with E-state index in [4.69, 9.17) is 0 Å². The molecule has 3 heterocycles. The number of piperidine rings is 1. The molecule has 1 aliphatic carbocycles. The topological polar surface area (TPSA) is 73.8 Å². The normalized spacial score (nSPS) is 26.4. The Labute approximate surface area is 184 Å². The zero-order valence-electron chi connectivity index (χ0n) is 17.7. The molecule has 2 saturated heterocycles. The lowest BCUT2D eigenvalue weighted by Crippen LogP contribution is -2.50. The van der Waals surface area contributed by atoms with E-state index in [1.54, 1.807) is 12.1 Å². The van der Waals surface area contributed by atoms with Crippen LogP contribution in [0.3, 0.4) is 0 Å². The summed E-state index contributed by atoms with van der Waals surface area (Å²) in [5.74, 6) is 1.23. The van der Waals surface area contributed by atoms with Crippen molar-refractivity contribution in [3.8, 4) is 0 Å². The van der Waals surface area contributed by atoms with Crippen LogP contribution < -0.4 is 0 Å². The van der Waals surface area contributed by atoms with Gasteiger partial charge in [-0.1, -0.05) is 24.6 Å². The first-order chi connectivity index (χ1) is 14.4. The van der Waals surface area contributed by atoms with Crippen molar-refractivity contribution >= 4 is 27.7 Å². The SMILES string of the molecule is CN1CCN(S(=O)(=O)c2ccc(SCC(=O)N3CCCC4CCCCC43)nc2)CC1. The molecule has 3 fully saturated rings. The van der Waals surface area contributed by atoms with Crippen molar-refractivity contribution < 1.29 is 13.2 Å². The molecule has 0 N–H and O–H groups in total. The minimum absolute atomic E-state index is 0.188. The first kappa shape index (κ1) is 22.0. The van der Waals surface area contributed by atoms with Gasteiger partial charge in [-0.05, 0) is 50.8 Å². The molecule has 9 heteroatoms. The molecule has 3 aliphatic rings. The first-order valence-corrected chi connectivity index (χ1v) is 13.4. The van der Waals surface area contributed by atoms with Crippen LogP contribution in [0.25, 0.3) is 0 Å². The summed E-state index contributed by atoms with van der Waals surface area (Å²) in [6, 6.07) is 3.76. The summed E-state index contributed by atoms with van der Waals surface area (Å²) in [7, 11) is -1.51. The summed E-state index contributed by atoms with van der Waals surface area (Å²) in [6.07, 6.45) is 8.71. The molecule has 2 atom stereocenters. The van der Waals surface area contributed by atoms with Crippen LogP contribution in [0.1, 0.15) is 38.5 Å². The Morgan fingerprint density at radius 2 is 1.80 bits per heavy atom. The van der Waals surface area contributed by atoms with Gasteiger partial charge < -0.3 is 9.80 Å². The van der Waals surface area contributed by atoms with Crippen LogP contribution in [0.5, 0.6) is 0 Å². The van der Waals surface area contributed by atoms with Gasteiger partial charge in [0.25, 0.3) is 0 Å². The molecule has 166 valence electrons. The maximum Gasteiger partial charge on any atom is 0.244 e. The molecule has 2 aliphatic heterocycles. The second kappa shape index (κ2) is 9.54. The standard InChI is InChI=1S/C21H32N4O3S2/c1-23-11-13-24(14-12-23)30(27,28)18-8-9-20(22-15-18)29-16-21(26)25-10-4-6-17-5-2-3-7-19(17)25/h8-9,15,17,19H,2-7,10-14,16H2,1H3. The third-order valence-electron chi connectivity index (χ3n) is 6.72. The monoisotopic (exact) mass is 452 g/mol. The molecule has 1 aromatic heterocycles. The van der Waals surface area contributed by atoms with E-state index >= 15 is 0 Å². The summed E-state index contributed by atoms with van der Waals surface area (Å²) < 4.78 is 27.1. The number of amides is 1. The van der Waals surface area contributed by atoms with E-state index in [-0.39, 0.29) is 10.8 Å². The molecule has 4 rings (SSSR count). The van der Waals surface area contributed by atoms with Gasteiger partial charge in [0.15, 0.2) is 0 Å². The van der Waals surface area contributed by atoms with Crippen molar-refractivity contribution in [3.05, 3.63) is 18.3 Å². The quantitative estimate of drug-likeness (QED) is 0.638. The van der Waals surface area contributed by atoms with Gasteiger partial charge in [-0.15, -0.1) is 0 Å². The van der Waals surface area contributed by atoms with Gasteiger partial charge in [-0.3, -0.25) is 4.79 Å². The number of aromatic nitrogens is 1. The summed E-state index contributed by atoms with van der Waals surface area (Å²) in [4.78, 5) is 21.6. The molecule has 1 amide bonds. The van der Waals surface area contributed by atoms with E-state index < -0.39 is 10.0 Å². The Bertz CT molecular complexity index is 836. The molecule has 0 aromatic carbocycles. The minimum Gasteiger partial charge on any atom is -0.339 e. The largest absolute Gasteiger partial charge is 0.339 e. The van der Waals surface area contributed by atoms with Gasteiger partial charge >= 0.3 is 0 Å². The molecule has 0 spiro atoms. The molecule has 2 unspecified atom stereocenters. The average molecular weight is 453 g/mol. The number of nitrogens with zero attached hydrogens (tertiary/aromatic N) is 4.